The molecule has 0 radical (unpaired) electrons. The number of hydrogen-bond acceptors (Lipinski definition) is 1. The molecule has 1 nitrogen and oxygen atoms in total. The van der Waals surface area contributed by atoms with Crippen LogP contribution < -0.4 is 0 Å². The van der Waals surface area contributed by atoms with Crippen LogP contribution in [0.2, 0.25) is 0 Å². The molecule has 11 aromatic rings. The molecule has 0 N–H and O–H groups in total. The van der Waals surface area contributed by atoms with E-state index in [4.69, 9.17) is 0 Å². The van der Waals surface area contributed by atoms with Crippen LogP contribution >= 0.6 is 0 Å². The van der Waals surface area contributed by atoms with Crippen molar-refractivity contribution in [3.05, 3.63) is 205 Å². The summed E-state index contributed by atoms with van der Waals surface area (Å²) in [5.41, 5.74) is 18.6. The smallest absolute Gasteiger partial charge is 0.194 e. The summed E-state index contributed by atoms with van der Waals surface area (Å²) in [6.45, 7) is 0. The Morgan fingerprint density at radius 3 is 0.931 bits per heavy atom. The quantitative estimate of drug-likeness (QED) is 0.130. The molecule has 0 aromatic heterocycles. The SMILES string of the molecule is O=C1c2ccccc2-c2ccc3c4ccc5c6c(ccc(c7ccc1c2c73)c64)-c1c(-c2ccccc2)c(-c2ccccc2)c(-c2ccccc2)c(-c2ccccc2)c1-5. The lowest BCUT2D eigenvalue weighted by molar-refractivity contribution is 0.104. The minimum atomic E-state index is 0.104. The largest absolute Gasteiger partial charge is 0.289 e. The Kier molecular flexibility index (Phi) is 6.37. The van der Waals surface area contributed by atoms with Gasteiger partial charge in [0, 0.05) is 16.5 Å². The van der Waals surface area contributed by atoms with Crippen molar-refractivity contribution in [3.63, 3.8) is 0 Å². The number of carbonyl (C=O) groups excluding carboxylic acids is 1. The first-order valence-electron chi connectivity index (χ1n) is 20.1. The molecule has 0 amide bonds. The van der Waals surface area contributed by atoms with E-state index in [9.17, 15) is 4.79 Å². The third-order valence-corrected chi connectivity index (χ3v) is 12.9. The number of fused-ring (bicyclic) bond motifs is 7. The van der Waals surface area contributed by atoms with E-state index < -0.39 is 0 Å². The molecule has 0 atom stereocenters. The van der Waals surface area contributed by atoms with Gasteiger partial charge < -0.3 is 0 Å². The van der Waals surface area contributed by atoms with Crippen LogP contribution in [0.1, 0.15) is 15.9 Å². The fourth-order valence-electron chi connectivity index (χ4n) is 10.6. The van der Waals surface area contributed by atoms with Gasteiger partial charge in [0.2, 0.25) is 0 Å². The molecule has 0 spiro atoms. The van der Waals surface area contributed by atoms with Crippen molar-refractivity contribution in [2.75, 3.05) is 0 Å². The molecule has 0 saturated heterocycles. The highest BCUT2D eigenvalue weighted by molar-refractivity contribution is 6.41. The van der Waals surface area contributed by atoms with Crippen molar-refractivity contribution in [2.45, 2.75) is 0 Å². The van der Waals surface area contributed by atoms with Crippen LogP contribution in [0.25, 0.3) is 121 Å². The molecular weight excluding hydrogens is 701 g/mol. The van der Waals surface area contributed by atoms with Crippen LogP contribution in [0.15, 0.2) is 194 Å². The summed E-state index contributed by atoms with van der Waals surface area (Å²) in [7, 11) is 0. The van der Waals surface area contributed by atoms with Gasteiger partial charge >= 0.3 is 0 Å². The van der Waals surface area contributed by atoms with Crippen molar-refractivity contribution in [1.29, 1.82) is 0 Å². The second-order valence-electron chi connectivity index (χ2n) is 15.7. The van der Waals surface area contributed by atoms with E-state index in [1.807, 2.05) is 18.2 Å². The Bertz CT molecular complexity index is 3360. The highest BCUT2D eigenvalue weighted by Crippen LogP contribution is 2.62. The number of hydrogen-bond donors (Lipinski definition) is 0. The first-order valence-corrected chi connectivity index (χ1v) is 20.1. The van der Waals surface area contributed by atoms with Crippen molar-refractivity contribution < 1.29 is 4.79 Å². The Hall–Kier alpha value is -7.61. The molecule has 0 saturated carbocycles. The lowest BCUT2D eigenvalue weighted by Gasteiger charge is -2.26. The molecule has 2 aliphatic rings. The molecule has 0 unspecified atom stereocenters. The number of rotatable bonds is 4. The maximum Gasteiger partial charge on any atom is 0.194 e. The zero-order chi connectivity index (χ0) is 38.1. The Morgan fingerprint density at radius 1 is 0.207 bits per heavy atom. The van der Waals surface area contributed by atoms with Crippen molar-refractivity contribution in [3.8, 4) is 77.9 Å². The molecule has 266 valence electrons. The van der Waals surface area contributed by atoms with Gasteiger partial charge in [0.25, 0.3) is 0 Å². The average molecular weight is 733 g/mol. The van der Waals surface area contributed by atoms with Crippen molar-refractivity contribution in [2.24, 2.45) is 0 Å². The Balaban J connectivity index is 1.24. The second kappa shape index (κ2) is 11.7. The van der Waals surface area contributed by atoms with Gasteiger partial charge in [-0.15, -0.1) is 0 Å². The predicted octanol–water partition coefficient (Wildman–Crippen LogP) is 15.3. The molecule has 0 aliphatic heterocycles. The van der Waals surface area contributed by atoms with Gasteiger partial charge in [0.15, 0.2) is 5.78 Å². The zero-order valence-electron chi connectivity index (χ0n) is 31.4. The fraction of sp³-hybridized carbons (Fsp3) is 0. The third kappa shape index (κ3) is 4.07. The minimum Gasteiger partial charge on any atom is -0.289 e. The molecule has 11 aromatic carbocycles. The van der Waals surface area contributed by atoms with Gasteiger partial charge in [-0.25, -0.2) is 0 Å². The van der Waals surface area contributed by atoms with E-state index >= 15 is 0 Å². The number of benzene rings is 11. The second-order valence-corrected chi connectivity index (χ2v) is 15.7. The highest BCUT2D eigenvalue weighted by Gasteiger charge is 2.35. The van der Waals surface area contributed by atoms with Gasteiger partial charge in [-0.1, -0.05) is 188 Å². The standard InChI is InChI=1S/C57H32O/c58-57-43-24-14-13-23-37(43)38-25-26-39-40-27-30-44-54-45(31-28-41(52(40)54)42-29-32-46(57)53(38)51(39)42)56-50(36-21-11-4-12-22-36)48(34-17-7-2-8-18-34)47(33-15-5-1-6-16-33)49(55(44)56)35-19-9-3-10-20-35/h1-32H. The maximum absolute atomic E-state index is 14.0. The molecule has 58 heavy (non-hydrogen) atoms. The summed E-state index contributed by atoms with van der Waals surface area (Å²) in [5.74, 6) is 0.104. The number of ketones is 1. The zero-order valence-corrected chi connectivity index (χ0v) is 31.4. The topological polar surface area (TPSA) is 17.1 Å². The van der Waals surface area contributed by atoms with E-state index in [1.54, 1.807) is 0 Å². The summed E-state index contributed by atoms with van der Waals surface area (Å²) >= 11 is 0. The Labute approximate surface area is 335 Å². The maximum atomic E-state index is 14.0. The lowest BCUT2D eigenvalue weighted by atomic mass is 9.76. The summed E-state index contributed by atoms with van der Waals surface area (Å²) in [5, 5.41) is 9.65. The van der Waals surface area contributed by atoms with Crippen LogP contribution in [0.5, 0.6) is 0 Å². The van der Waals surface area contributed by atoms with Crippen LogP contribution in [-0.2, 0) is 0 Å². The molecule has 0 fully saturated rings. The van der Waals surface area contributed by atoms with Crippen LogP contribution in [0.4, 0.5) is 0 Å². The van der Waals surface area contributed by atoms with Crippen LogP contribution in [-0.4, -0.2) is 5.78 Å². The number of carbonyl (C=O) groups is 1. The molecule has 13 rings (SSSR count). The monoisotopic (exact) mass is 732 g/mol. The third-order valence-electron chi connectivity index (χ3n) is 12.9. The molecule has 1 heteroatoms. The average Bonchev–Trinajstić information content (AvgIpc) is 3.63. The molecule has 0 heterocycles. The molecular formula is C57H32O. The van der Waals surface area contributed by atoms with Crippen LogP contribution in [0, 0.1) is 0 Å². The van der Waals surface area contributed by atoms with Gasteiger partial charge in [-0.05, 0) is 122 Å². The van der Waals surface area contributed by atoms with Gasteiger partial charge in [-0.3, -0.25) is 4.79 Å². The Morgan fingerprint density at radius 2 is 0.517 bits per heavy atom. The highest BCUT2D eigenvalue weighted by atomic mass is 16.1. The summed E-state index contributed by atoms with van der Waals surface area (Å²) in [6.07, 6.45) is 0. The summed E-state index contributed by atoms with van der Waals surface area (Å²) < 4.78 is 0. The van der Waals surface area contributed by atoms with Gasteiger partial charge in [-0.2, -0.15) is 0 Å². The minimum absolute atomic E-state index is 0.104. The van der Waals surface area contributed by atoms with Crippen molar-refractivity contribution >= 4 is 48.9 Å². The normalized spacial score (nSPS) is 12.5. The van der Waals surface area contributed by atoms with Gasteiger partial charge in [0.05, 0.1) is 0 Å². The van der Waals surface area contributed by atoms with E-state index in [0.717, 1.165) is 27.6 Å². The first-order chi connectivity index (χ1) is 28.8. The molecule has 2 aliphatic carbocycles. The predicted molar refractivity (Wildman–Crippen MR) is 243 cm³/mol. The lowest BCUT2D eigenvalue weighted by Crippen LogP contribution is -2.10. The summed E-state index contributed by atoms with van der Waals surface area (Å²) in [4.78, 5) is 14.0. The van der Waals surface area contributed by atoms with E-state index in [1.165, 1.54) is 104 Å². The van der Waals surface area contributed by atoms with E-state index in [0.29, 0.717) is 0 Å². The van der Waals surface area contributed by atoms with Crippen LogP contribution in [0.3, 0.4) is 0 Å². The van der Waals surface area contributed by atoms with Crippen molar-refractivity contribution in [1.82, 2.24) is 0 Å². The summed E-state index contributed by atoms with van der Waals surface area (Å²) in [6, 6.07) is 70.3. The fourth-order valence-corrected chi connectivity index (χ4v) is 10.6. The van der Waals surface area contributed by atoms with E-state index in [2.05, 4.69) is 176 Å². The molecule has 0 bridgehead atoms. The first kappa shape index (κ1) is 31.6. The van der Waals surface area contributed by atoms with E-state index in [-0.39, 0.29) is 5.78 Å². The van der Waals surface area contributed by atoms with Gasteiger partial charge in [0.1, 0.15) is 0 Å².